The van der Waals surface area contributed by atoms with Crippen LogP contribution in [0.4, 0.5) is 0 Å². The van der Waals surface area contributed by atoms with Crippen molar-refractivity contribution in [1.29, 1.82) is 0 Å². The molecule has 1 aromatic rings. The van der Waals surface area contributed by atoms with Crippen LogP contribution in [-0.4, -0.2) is 6.29 Å². The number of carbonyl (C=O) groups is 1. The summed E-state index contributed by atoms with van der Waals surface area (Å²) in [5.74, 6) is 0.179. The first-order valence-corrected chi connectivity index (χ1v) is 4.39. The summed E-state index contributed by atoms with van der Waals surface area (Å²) in [6.07, 6.45) is 1.48. The number of rotatable bonds is 4. The molecule has 68 valence electrons. The highest BCUT2D eigenvalue weighted by molar-refractivity contribution is 5.53. The lowest BCUT2D eigenvalue weighted by Gasteiger charge is -2.13. The predicted molar refractivity (Wildman–Crippen MR) is 54.7 cm³/mol. The lowest BCUT2D eigenvalue weighted by atomic mass is 9.91. The lowest BCUT2D eigenvalue weighted by Crippen LogP contribution is -2.00. The summed E-state index contributed by atoms with van der Waals surface area (Å²) in [7, 11) is 0. The van der Waals surface area contributed by atoms with Crippen molar-refractivity contribution < 1.29 is 4.79 Å². The third-order valence-electron chi connectivity index (χ3n) is 2.13. The number of hydrogen-bond acceptors (Lipinski definition) is 1. The van der Waals surface area contributed by atoms with Crippen LogP contribution in [0.25, 0.3) is 0 Å². The number of benzene rings is 1. The van der Waals surface area contributed by atoms with E-state index in [1.165, 1.54) is 5.56 Å². The van der Waals surface area contributed by atoms with Gasteiger partial charge in [0.1, 0.15) is 6.29 Å². The van der Waals surface area contributed by atoms with Crippen molar-refractivity contribution in [1.82, 2.24) is 0 Å². The van der Waals surface area contributed by atoms with E-state index >= 15 is 0 Å². The van der Waals surface area contributed by atoms with Crippen molar-refractivity contribution >= 4 is 6.29 Å². The van der Waals surface area contributed by atoms with E-state index in [0.717, 1.165) is 11.9 Å². The second kappa shape index (κ2) is 4.61. The van der Waals surface area contributed by atoms with Crippen molar-refractivity contribution in [3.63, 3.8) is 0 Å². The smallest absolute Gasteiger partial charge is 0.120 e. The van der Waals surface area contributed by atoms with Crippen LogP contribution in [0, 0.1) is 0 Å². The molecular weight excluding hydrogens is 160 g/mol. The van der Waals surface area contributed by atoms with Crippen molar-refractivity contribution in [3.8, 4) is 0 Å². The minimum absolute atomic E-state index is 0.179. The van der Waals surface area contributed by atoms with Crippen LogP contribution in [0.2, 0.25) is 0 Å². The second-order valence-electron chi connectivity index (χ2n) is 3.21. The molecule has 0 amide bonds. The molecule has 0 spiro atoms. The van der Waals surface area contributed by atoms with E-state index in [4.69, 9.17) is 0 Å². The van der Waals surface area contributed by atoms with E-state index in [1.807, 2.05) is 37.3 Å². The lowest BCUT2D eigenvalue weighted by molar-refractivity contribution is -0.108. The number of aldehydes is 1. The van der Waals surface area contributed by atoms with Gasteiger partial charge in [0.05, 0.1) is 0 Å². The van der Waals surface area contributed by atoms with Gasteiger partial charge in [-0.25, -0.2) is 0 Å². The maximum atomic E-state index is 10.5. The topological polar surface area (TPSA) is 17.1 Å². The van der Waals surface area contributed by atoms with Crippen LogP contribution in [-0.2, 0) is 4.79 Å². The van der Waals surface area contributed by atoms with Crippen molar-refractivity contribution in [3.05, 3.63) is 48.0 Å². The number of allylic oxidation sites excluding steroid dienone is 1. The quantitative estimate of drug-likeness (QED) is 0.506. The van der Waals surface area contributed by atoms with Gasteiger partial charge in [0.25, 0.3) is 0 Å². The SMILES string of the molecule is C=C(C)[C@@H](CC=O)c1ccccc1. The van der Waals surface area contributed by atoms with Crippen molar-refractivity contribution in [2.24, 2.45) is 0 Å². The monoisotopic (exact) mass is 174 g/mol. The molecule has 1 aromatic carbocycles. The zero-order chi connectivity index (χ0) is 9.68. The maximum absolute atomic E-state index is 10.5. The van der Waals surface area contributed by atoms with Gasteiger partial charge in [0.15, 0.2) is 0 Å². The van der Waals surface area contributed by atoms with Gasteiger partial charge in [-0.3, -0.25) is 0 Å². The van der Waals surface area contributed by atoms with Crippen LogP contribution in [0.3, 0.4) is 0 Å². The Hall–Kier alpha value is -1.37. The molecule has 0 aliphatic carbocycles. The Morgan fingerprint density at radius 2 is 2.08 bits per heavy atom. The van der Waals surface area contributed by atoms with Gasteiger partial charge >= 0.3 is 0 Å². The molecule has 0 radical (unpaired) electrons. The van der Waals surface area contributed by atoms with Gasteiger partial charge in [0.2, 0.25) is 0 Å². The first-order chi connectivity index (χ1) is 6.25. The Bertz CT molecular complexity index is 287. The molecule has 13 heavy (non-hydrogen) atoms. The Labute approximate surface area is 79.1 Å². The fourth-order valence-corrected chi connectivity index (χ4v) is 1.40. The first-order valence-electron chi connectivity index (χ1n) is 4.39. The second-order valence-corrected chi connectivity index (χ2v) is 3.21. The summed E-state index contributed by atoms with van der Waals surface area (Å²) >= 11 is 0. The van der Waals surface area contributed by atoms with E-state index in [2.05, 4.69) is 6.58 Å². The number of hydrogen-bond donors (Lipinski definition) is 0. The Balaban J connectivity index is 2.88. The first kappa shape index (κ1) is 9.72. The summed E-state index contributed by atoms with van der Waals surface area (Å²) in [4.78, 5) is 10.5. The minimum Gasteiger partial charge on any atom is -0.303 e. The molecule has 0 aliphatic rings. The maximum Gasteiger partial charge on any atom is 0.120 e. The van der Waals surface area contributed by atoms with Crippen molar-refractivity contribution in [2.75, 3.05) is 0 Å². The zero-order valence-electron chi connectivity index (χ0n) is 7.86. The van der Waals surface area contributed by atoms with Gasteiger partial charge in [-0.15, -0.1) is 0 Å². The molecule has 0 aliphatic heterocycles. The molecule has 0 bridgehead atoms. The molecule has 0 N–H and O–H groups in total. The van der Waals surface area contributed by atoms with Crippen LogP contribution in [0.5, 0.6) is 0 Å². The molecule has 0 saturated carbocycles. The van der Waals surface area contributed by atoms with E-state index < -0.39 is 0 Å². The Morgan fingerprint density at radius 1 is 1.46 bits per heavy atom. The van der Waals surface area contributed by atoms with Crippen molar-refractivity contribution in [2.45, 2.75) is 19.3 Å². The summed E-state index contributed by atoms with van der Waals surface area (Å²) in [6, 6.07) is 10.00. The van der Waals surface area contributed by atoms with Gasteiger partial charge in [0, 0.05) is 12.3 Å². The summed E-state index contributed by atoms with van der Waals surface area (Å²) in [5.41, 5.74) is 2.21. The highest BCUT2D eigenvalue weighted by atomic mass is 16.1. The highest BCUT2D eigenvalue weighted by Gasteiger charge is 2.10. The standard InChI is InChI=1S/C12H14O/c1-10(2)12(8-9-13)11-6-4-3-5-7-11/h3-7,9,12H,1,8H2,2H3/t12-/m1/s1. The third kappa shape index (κ3) is 2.55. The van der Waals surface area contributed by atoms with E-state index in [-0.39, 0.29) is 5.92 Å². The highest BCUT2D eigenvalue weighted by Crippen LogP contribution is 2.24. The molecule has 0 unspecified atom stereocenters. The third-order valence-corrected chi connectivity index (χ3v) is 2.13. The molecular formula is C12H14O. The largest absolute Gasteiger partial charge is 0.303 e. The van der Waals surface area contributed by atoms with Gasteiger partial charge in [-0.2, -0.15) is 0 Å². The van der Waals surface area contributed by atoms with E-state index in [1.54, 1.807) is 0 Å². The Kier molecular flexibility index (Phi) is 3.44. The summed E-state index contributed by atoms with van der Waals surface area (Å²) in [5, 5.41) is 0. The average molecular weight is 174 g/mol. The Morgan fingerprint density at radius 3 is 2.54 bits per heavy atom. The number of carbonyl (C=O) groups excluding carboxylic acids is 1. The van der Waals surface area contributed by atoms with Gasteiger partial charge in [-0.1, -0.05) is 42.5 Å². The zero-order valence-corrected chi connectivity index (χ0v) is 7.86. The van der Waals surface area contributed by atoms with Crippen LogP contribution >= 0.6 is 0 Å². The molecule has 0 aromatic heterocycles. The fraction of sp³-hybridized carbons (Fsp3) is 0.250. The van der Waals surface area contributed by atoms with Crippen LogP contribution < -0.4 is 0 Å². The van der Waals surface area contributed by atoms with E-state index in [9.17, 15) is 4.79 Å². The fourth-order valence-electron chi connectivity index (χ4n) is 1.40. The van der Waals surface area contributed by atoms with Crippen LogP contribution in [0.1, 0.15) is 24.8 Å². The average Bonchev–Trinajstić information content (AvgIpc) is 2.15. The predicted octanol–water partition coefficient (Wildman–Crippen LogP) is 2.94. The molecule has 1 rings (SSSR count). The molecule has 0 heterocycles. The van der Waals surface area contributed by atoms with Crippen LogP contribution in [0.15, 0.2) is 42.5 Å². The van der Waals surface area contributed by atoms with E-state index in [0.29, 0.717) is 6.42 Å². The normalized spacial score (nSPS) is 12.1. The molecule has 1 heteroatoms. The molecule has 0 saturated heterocycles. The van der Waals surface area contributed by atoms with Gasteiger partial charge in [-0.05, 0) is 12.5 Å². The molecule has 1 atom stereocenters. The summed E-state index contributed by atoms with van der Waals surface area (Å²) < 4.78 is 0. The molecule has 1 nitrogen and oxygen atoms in total. The summed E-state index contributed by atoms with van der Waals surface area (Å²) in [6.45, 7) is 5.85. The molecule has 0 fully saturated rings. The van der Waals surface area contributed by atoms with Gasteiger partial charge < -0.3 is 4.79 Å². The minimum atomic E-state index is 0.179.